The van der Waals surface area contributed by atoms with Crippen molar-refractivity contribution in [2.24, 2.45) is 23.7 Å². The summed E-state index contributed by atoms with van der Waals surface area (Å²) in [5.74, 6) is -2.62. The zero-order valence-electron chi connectivity index (χ0n) is 11.6. The van der Waals surface area contributed by atoms with Crippen LogP contribution in [0.15, 0.2) is 41.3 Å². The van der Waals surface area contributed by atoms with Gasteiger partial charge in [0.1, 0.15) is 0 Å². The van der Waals surface area contributed by atoms with Crippen LogP contribution in [0.5, 0.6) is 0 Å². The molecule has 4 atom stereocenters. The van der Waals surface area contributed by atoms with Gasteiger partial charge in [0, 0.05) is 22.5 Å². The highest BCUT2D eigenvalue weighted by atomic mass is 32.2. The van der Waals surface area contributed by atoms with E-state index in [0.29, 0.717) is 5.69 Å². The molecule has 0 saturated heterocycles. The number of nitrogens with one attached hydrogen (secondary N) is 1. The van der Waals surface area contributed by atoms with Crippen LogP contribution in [0, 0.1) is 23.7 Å². The van der Waals surface area contributed by atoms with Crippen molar-refractivity contribution in [3.63, 3.8) is 0 Å². The van der Waals surface area contributed by atoms with Crippen molar-refractivity contribution in [3.05, 3.63) is 36.4 Å². The number of allylic oxidation sites excluding steroid dienone is 2. The second-order valence-electron chi connectivity index (χ2n) is 5.54. The minimum Gasteiger partial charge on any atom is -0.550 e. The molecule has 3 rings (SSSR count). The number of carboxylic acid groups (broad SMARTS) is 1. The van der Waals surface area contributed by atoms with E-state index in [1.807, 2.05) is 42.7 Å². The van der Waals surface area contributed by atoms with Crippen LogP contribution in [0.3, 0.4) is 0 Å². The maximum atomic E-state index is 12.5. The van der Waals surface area contributed by atoms with Crippen molar-refractivity contribution in [1.82, 2.24) is 0 Å². The topological polar surface area (TPSA) is 69.2 Å². The summed E-state index contributed by atoms with van der Waals surface area (Å²) in [7, 11) is 0. The maximum Gasteiger partial charge on any atom is 0.228 e. The fraction of sp³-hybridized carbons (Fsp3) is 0.375. The van der Waals surface area contributed by atoms with E-state index in [9.17, 15) is 14.7 Å². The van der Waals surface area contributed by atoms with Crippen molar-refractivity contribution in [3.8, 4) is 0 Å². The molecular weight excluding hydrogens is 286 g/mol. The summed E-state index contributed by atoms with van der Waals surface area (Å²) in [4.78, 5) is 24.9. The van der Waals surface area contributed by atoms with Crippen LogP contribution in [0.25, 0.3) is 0 Å². The van der Waals surface area contributed by atoms with E-state index in [4.69, 9.17) is 0 Å². The molecule has 1 fully saturated rings. The molecule has 1 N–H and O–H groups in total. The number of carbonyl (C=O) groups is 2. The number of hydrogen-bond donors (Lipinski definition) is 1. The third-order valence-electron chi connectivity index (χ3n) is 4.37. The lowest BCUT2D eigenvalue weighted by molar-refractivity contribution is -0.313. The fourth-order valence-electron chi connectivity index (χ4n) is 3.43. The van der Waals surface area contributed by atoms with Gasteiger partial charge in [-0.3, -0.25) is 4.79 Å². The first-order chi connectivity index (χ1) is 10.1. The van der Waals surface area contributed by atoms with Crippen molar-refractivity contribution in [2.75, 3.05) is 11.6 Å². The molecule has 2 aliphatic carbocycles. The van der Waals surface area contributed by atoms with E-state index >= 15 is 0 Å². The van der Waals surface area contributed by atoms with Gasteiger partial charge in [0.2, 0.25) is 5.91 Å². The predicted molar refractivity (Wildman–Crippen MR) is 79.6 cm³/mol. The average Bonchev–Trinajstić information content (AvgIpc) is 3.07. The van der Waals surface area contributed by atoms with Crippen molar-refractivity contribution in [1.29, 1.82) is 0 Å². The van der Waals surface area contributed by atoms with Crippen LogP contribution in [-0.4, -0.2) is 18.1 Å². The van der Waals surface area contributed by atoms with Crippen LogP contribution in [0.2, 0.25) is 0 Å². The van der Waals surface area contributed by atoms with Crippen LogP contribution >= 0.6 is 11.8 Å². The number of aliphatic carboxylic acids is 1. The summed E-state index contributed by atoms with van der Waals surface area (Å²) in [6.45, 7) is 0. The van der Waals surface area contributed by atoms with Crippen molar-refractivity contribution >= 4 is 29.3 Å². The van der Waals surface area contributed by atoms with Crippen molar-refractivity contribution in [2.45, 2.75) is 11.3 Å². The number of carboxylic acids is 1. The molecule has 2 bridgehead atoms. The summed E-state index contributed by atoms with van der Waals surface area (Å²) in [6.07, 6.45) is 6.57. The number of hydrogen-bond acceptors (Lipinski definition) is 4. The van der Waals surface area contributed by atoms with E-state index in [1.165, 1.54) is 0 Å². The van der Waals surface area contributed by atoms with Gasteiger partial charge in [0.05, 0.1) is 5.92 Å². The average molecular weight is 302 g/mol. The van der Waals surface area contributed by atoms with Crippen LogP contribution in [0.1, 0.15) is 6.42 Å². The Kier molecular flexibility index (Phi) is 3.76. The molecule has 4 nitrogen and oxygen atoms in total. The number of rotatable bonds is 4. The van der Waals surface area contributed by atoms with Crippen LogP contribution in [0.4, 0.5) is 5.69 Å². The largest absolute Gasteiger partial charge is 0.550 e. The lowest BCUT2D eigenvalue weighted by atomic mass is 9.82. The highest BCUT2D eigenvalue weighted by Gasteiger charge is 2.48. The zero-order chi connectivity index (χ0) is 15.0. The van der Waals surface area contributed by atoms with Crippen LogP contribution < -0.4 is 10.4 Å². The summed E-state index contributed by atoms with van der Waals surface area (Å²) in [5.41, 5.74) is 0.704. The van der Waals surface area contributed by atoms with Gasteiger partial charge >= 0.3 is 0 Å². The summed E-state index contributed by atoms with van der Waals surface area (Å²) >= 11 is 1.59. The number of carbonyl (C=O) groups excluding carboxylic acids is 2. The minimum absolute atomic E-state index is 0.0154. The van der Waals surface area contributed by atoms with E-state index in [-0.39, 0.29) is 17.7 Å². The molecule has 0 aliphatic heterocycles. The first-order valence-corrected chi connectivity index (χ1v) is 8.16. The number of anilines is 1. The van der Waals surface area contributed by atoms with Gasteiger partial charge in [-0.2, -0.15) is 0 Å². The Labute approximate surface area is 127 Å². The Balaban J connectivity index is 1.78. The molecule has 1 saturated carbocycles. The van der Waals surface area contributed by atoms with Crippen molar-refractivity contribution < 1.29 is 14.7 Å². The number of fused-ring (bicyclic) bond motifs is 2. The summed E-state index contributed by atoms with van der Waals surface area (Å²) in [5, 5.41) is 14.2. The minimum atomic E-state index is -1.12. The Hall–Kier alpha value is -1.75. The van der Waals surface area contributed by atoms with E-state index in [1.54, 1.807) is 11.8 Å². The van der Waals surface area contributed by atoms with Gasteiger partial charge in [-0.15, -0.1) is 11.8 Å². The summed E-state index contributed by atoms with van der Waals surface area (Å²) in [6, 6.07) is 7.54. The first kappa shape index (κ1) is 14.2. The van der Waals surface area contributed by atoms with E-state index in [2.05, 4.69) is 5.32 Å². The zero-order valence-corrected chi connectivity index (χ0v) is 12.4. The highest BCUT2D eigenvalue weighted by molar-refractivity contribution is 7.98. The molecule has 0 aromatic heterocycles. The molecule has 0 spiro atoms. The molecule has 0 radical (unpaired) electrons. The summed E-state index contributed by atoms with van der Waals surface area (Å²) < 4.78 is 0. The maximum absolute atomic E-state index is 12.5. The molecule has 21 heavy (non-hydrogen) atoms. The second-order valence-corrected chi connectivity index (χ2v) is 6.42. The molecular formula is C16H16NO3S-. The SMILES string of the molecule is CSc1cccc(NC(=O)[C@@H]2[C@@H](C(=O)[O-])[C@H]3C=C[C@H]2C3)c1. The number of thioether (sulfide) groups is 1. The molecule has 0 heterocycles. The molecule has 1 aromatic carbocycles. The normalized spacial score (nSPS) is 29.6. The highest BCUT2D eigenvalue weighted by Crippen LogP contribution is 2.48. The van der Waals surface area contributed by atoms with E-state index in [0.717, 1.165) is 11.3 Å². The Bertz CT molecular complexity index is 613. The molecule has 110 valence electrons. The Morgan fingerprint density at radius 3 is 2.62 bits per heavy atom. The van der Waals surface area contributed by atoms with Gasteiger partial charge in [0.15, 0.2) is 0 Å². The lowest BCUT2D eigenvalue weighted by Crippen LogP contribution is -2.42. The number of benzene rings is 1. The van der Waals surface area contributed by atoms with Gasteiger partial charge < -0.3 is 15.2 Å². The lowest BCUT2D eigenvalue weighted by Gasteiger charge is -2.27. The first-order valence-electron chi connectivity index (χ1n) is 6.94. The predicted octanol–water partition coefficient (Wildman–Crippen LogP) is 1.54. The standard InChI is InChI=1S/C16H17NO3S/c1-21-12-4-2-3-11(8-12)17-15(18)13-9-5-6-10(7-9)14(13)16(19)20/h2-6,8-10,13-14H,7H2,1H3,(H,17,18)(H,19,20)/p-1/t9-,10-,13-,14-/m0/s1. The second kappa shape index (κ2) is 5.56. The molecule has 2 aliphatic rings. The smallest absolute Gasteiger partial charge is 0.228 e. The molecule has 5 heteroatoms. The number of amides is 1. The van der Waals surface area contributed by atoms with E-state index < -0.39 is 17.8 Å². The molecule has 1 aromatic rings. The quantitative estimate of drug-likeness (QED) is 0.676. The molecule has 0 unspecified atom stereocenters. The van der Waals surface area contributed by atoms with Crippen LogP contribution in [-0.2, 0) is 9.59 Å². The Morgan fingerprint density at radius 1 is 1.24 bits per heavy atom. The molecule has 1 amide bonds. The van der Waals surface area contributed by atoms with Gasteiger partial charge in [0.25, 0.3) is 0 Å². The van der Waals surface area contributed by atoms with Gasteiger partial charge in [-0.25, -0.2) is 0 Å². The fourth-order valence-corrected chi connectivity index (χ4v) is 3.89. The monoisotopic (exact) mass is 302 g/mol. The van der Waals surface area contributed by atoms with Gasteiger partial charge in [-0.05, 0) is 42.7 Å². The third kappa shape index (κ3) is 2.58. The third-order valence-corrected chi connectivity index (χ3v) is 5.10. The Morgan fingerprint density at radius 2 is 1.95 bits per heavy atom. The van der Waals surface area contributed by atoms with Gasteiger partial charge in [-0.1, -0.05) is 18.2 Å².